The summed E-state index contributed by atoms with van der Waals surface area (Å²) in [6, 6.07) is 27.7. The Morgan fingerprint density at radius 1 is 0.882 bits per heavy atom. The minimum Gasteiger partial charge on any atom is 0 e. The second-order valence-electron chi connectivity index (χ2n) is 14.1. The zero-order chi connectivity index (χ0) is 42.5. The molecule has 4 aromatic carbocycles. The number of nitrogens with zero attached hydrogens (tertiary/aromatic N) is 3. The molecule has 0 saturated carbocycles. The second kappa shape index (κ2) is 15.1. The maximum atomic E-state index is 12.8. The minimum absolute atomic E-state index is 0. The first-order valence-electron chi connectivity index (χ1n) is 20.1. The van der Waals surface area contributed by atoms with E-state index < -0.39 is 27.0 Å². The molecule has 0 N–H and O–H groups in total. The topological polar surface area (TPSA) is 62.7 Å². The van der Waals surface area contributed by atoms with Crippen LogP contribution in [0.15, 0.2) is 102 Å². The number of hydrogen-bond acceptors (Lipinski definition) is 4. The van der Waals surface area contributed by atoms with Gasteiger partial charge in [-0.25, -0.2) is 0 Å². The summed E-state index contributed by atoms with van der Waals surface area (Å²) in [5.74, 6) is 6.02. The fourth-order valence-electron chi connectivity index (χ4n) is 5.44. The summed E-state index contributed by atoms with van der Waals surface area (Å²) in [6.45, 7) is 1.20. The smallest absolute Gasteiger partial charge is 0 e. The van der Waals surface area contributed by atoms with Crippen molar-refractivity contribution in [2.24, 2.45) is 0 Å². The van der Waals surface area contributed by atoms with Crippen LogP contribution in [0.5, 0.6) is 0 Å². The van der Waals surface area contributed by atoms with Gasteiger partial charge in [0.2, 0.25) is 0 Å². The van der Waals surface area contributed by atoms with Crippen molar-refractivity contribution in [3.63, 3.8) is 0 Å². The molecule has 51 heavy (non-hydrogen) atoms. The molecule has 0 aliphatic rings. The van der Waals surface area contributed by atoms with Gasteiger partial charge in [0, 0.05) is 32.1 Å². The van der Waals surface area contributed by atoms with Crippen LogP contribution >= 0.6 is 0 Å². The van der Waals surface area contributed by atoms with Crippen LogP contribution in [0.1, 0.15) is 54.0 Å². The van der Waals surface area contributed by atoms with Crippen molar-refractivity contribution < 1.29 is 39.9 Å². The van der Waals surface area contributed by atoms with Crippen LogP contribution in [0.3, 0.4) is 0 Å². The molecule has 7 rings (SSSR count). The largest absolute Gasteiger partial charge is 0 e. The molecule has 259 valence electrons. The molecule has 0 atom stereocenters. The van der Waals surface area contributed by atoms with E-state index in [0.717, 1.165) is 15.7 Å². The van der Waals surface area contributed by atoms with Gasteiger partial charge >= 0.3 is 184 Å². The summed E-state index contributed by atoms with van der Waals surface area (Å²) >= 11 is -2.57. The molecule has 0 unspecified atom stereocenters. The fraction of sp³-hybridized carbons (Fsp3) is 0.205. The Bertz CT molecular complexity index is 2710. The van der Waals surface area contributed by atoms with Crippen LogP contribution in [0.2, 0.25) is 17.3 Å². The second-order valence-corrected chi connectivity index (χ2v) is 24.7. The van der Waals surface area contributed by atoms with Crippen molar-refractivity contribution in [3.05, 3.63) is 137 Å². The van der Waals surface area contributed by atoms with Crippen molar-refractivity contribution in [3.8, 4) is 39.7 Å². The number of furan rings is 1. The molecule has 0 saturated heterocycles. The average Bonchev–Trinajstić information content (AvgIpc) is 3.53. The van der Waals surface area contributed by atoms with Gasteiger partial charge in [0.05, 0.1) is 13.0 Å². The van der Waals surface area contributed by atoms with Crippen LogP contribution < -0.4 is 4.40 Å². The zero-order valence-electron chi connectivity index (χ0n) is 37.0. The number of rotatable bonds is 4. The fourth-order valence-corrected chi connectivity index (χ4v) is 7.71. The number of nitriles is 1. The molecule has 0 bridgehead atoms. The number of hydrogen-bond donors (Lipinski definition) is 0. The number of aromatic nitrogens is 2. The summed E-state index contributed by atoms with van der Waals surface area (Å²) in [5.41, 5.74) is 4.12. The number of fused-ring (bicyclic) bond motifs is 3. The Hall–Kier alpha value is -4.41. The number of halogens is 1. The van der Waals surface area contributed by atoms with Crippen molar-refractivity contribution in [2.45, 2.75) is 57.2 Å². The Labute approximate surface area is 327 Å². The van der Waals surface area contributed by atoms with Crippen LogP contribution in [0.25, 0.3) is 55.6 Å². The van der Waals surface area contributed by atoms with Gasteiger partial charge in [-0.15, -0.1) is 29.8 Å². The third kappa shape index (κ3) is 8.23. The van der Waals surface area contributed by atoms with Crippen molar-refractivity contribution >= 4 is 39.6 Å². The first kappa shape index (κ1) is 28.2. The normalized spacial score (nSPS) is 14.2. The van der Waals surface area contributed by atoms with Gasteiger partial charge in [-0.3, -0.25) is 4.39 Å². The van der Waals surface area contributed by atoms with E-state index in [9.17, 15) is 9.65 Å². The van der Waals surface area contributed by atoms with Crippen LogP contribution in [0.4, 0.5) is 4.39 Å². The van der Waals surface area contributed by atoms with Gasteiger partial charge in [-0.05, 0) is 22.7 Å². The van der Waals surface area contributed by atoms with Gasteiger partial charge < -0.3 is 4.98 Å². The SMILES string of the molecule is CC(C)(C)c1ccc(-c2[c-]cc(F)cc2)nc1.[2H]c1c[c]([Ge]([CH3])([CH3])[CH3])cc(C([2H])([2H])[2H])c1-c1cc(-c2[c-]ccc3c2oc2c([2H])c(C#N)ccc23)ncc1C([2H])([2H])[2H].[Ir]. The number of pyridine rings is 2. The molecular weight excluding hydrogens is 870 g/mol. The molecule has 7 aromatic rings. The quantitative estimate of drug-likeness (QED) is 0.130. The van der Waals surface area contributed by atoms with E-state index in [-0.39, 0.29) is 82.5 Å². The van der Waals surface area contributed by atoms with Crippen LogP contribution in [0, 0.1) is 43.0 Å². The summed E-state index contributed by atoms with van der Waals surface area (Å²) < 4.78 is 86.3. The molecule has 0 aliphatic carbocycles. The Morgan fingerprint density at radius 2 is 1.67 bits per heavy atom. The molecule has 7 heteroatoms. The molecule has 0 aliphatic heterocycles. The van der Waals surface area contributed by atoms with E-state index in [4.69, 9.17) is 15.4 Å². The van der Waals surface area contributed by atoms with E-state index in [1.165, 1.54) is 30.0 Å². The van der Waals surface area contributed by atoms with E-state index in [0.29, 0.717) is 21.9 Å². The van der Waals surface area contributed by atoms with Gasteiger partial charge in [0.15, 0.2) is 0 Å². The summed E-state index contributed by atoms with van der Waals surface area (Å²) in [5, 5.41) is 10.6. The Kier molecular flexibility index (Phi) is 8.33. The maximum absolute atomic E-state index is 12.8. The molecule has 0 spiro atoms. The predicted molar refractivity (Wildman–Crippen MR) is 206 cm³/mol. The van der Waals surface area contributed by atoms with Crippen LogP contribution in [-0.2, 0) is 25.5 Å². The van der Waals surface area contributed by atoms with Gasteiger partial charge in [0.25, 0.3) is 0 Å². The Balaban J connectivity index is 0.000000307. The zero-order valence-corrected chi connectivity index (χ0v) is 33.5. The first-order valence-corrected chi connectivity index (χ1v) is 23.4. The Morgan fingerprint density at radius 3 is 2.31 bits per heavy atom. The third-order valence-corrected chi connectivity index (χ3v) is 12.6. The molecule has 0 amide bonds. The van der Waals surface area contributed by atoms with Gasteiger partial charge in [0.1, 0.15) is 0 Å². The van der Waals surface area contributed by atoms with Gasteiger partial charge in [-0.2, -0.15) is 5.26 Å². The standard InChI is InChI=1S/C29H25GeN2O.C15H15FN.Ir/c1-18-13-21(30(3,4)5)10-12-22(18)26-15-27(32-17-19(26)2)25-8-6-7-24-23-11-9-20(16-31)14-28(23)33-29(24)25;1-15(2,3)12-6-9-14(17-10-12)11-4-7-13(16)8-5-11;/h6-7,9-15,17H,1-5H3;4,6-10H,1-3H3;/q2*-1;/i1D3,2D3,12D,14D;;. The van der Waals surface area contributed by atoms with E-state index >= 15 is 0 Å². The van der Waals surface area contributed by atoms with E-state index in [1.807, 2.05) is 18.3 Å². The van der Waals surface area contributed by atoms with Crippen molar-refractivity contribution in [2.75, 3.05) is 0 Å². The average molecular weight is 919 g/mol. The first-order chi connectivity index (χ1) is 27.0. The van der Waals surface area contributed by atoms with Crippen LogP contribution in [-0.4, -0.2) is 23.2 Å². The minimum atomic E-state index is -2.64. The third-order valence-electron chi connectivity index (χ3n) is 8.39. The summed E-state index contributed by atoms with van der Waals surface area (Å²) in [6.07, 6.45) is 3.06. The van der Waals surface area contributed by atoms with Crippen molar-refractivity contribution in [1.82, 2.24) is 9.97 Å². The summed E-state index contributed by atoms with van der Waals surface area (Å²) in [7, 11) is 0. The van der Waals surface area contributed by atoms with Crippen molar-refractivity contribution in [1.29, 1.82) is 5.26 Å². The predicted octanol–water partition coefficient (Wildman–Crippen LogP) is 11.1. The van der Waals surface area contributed by atoms with Gasteiger partial charge in [-0.1, -0.05) is 32.9 Å². The summed E-state index contributed by atoms with van der Waals surface area (Å²) in [4.78, 5) is 8.80. The number of aryl methyl sites for hydroxylation is 2. The molecule has 1 radical (unpaired) electrons. The molecule has 3 aromatic heterocycles. The molecule has 3 heterocycles. The molecular formula is C44H40FGeIrN3O-2. The molecule has 4 nitrogen and oxygen atoms in total. The van der Waals surface area contributed by atoms with E-state index in [2.05, 4.69) is 66.2 Å². The number of benzene rings is 4. The maximum Gasteiger partial charge on any atom is 0 e. The molecule has 0 fully saturated rings. The van der Waals surface area contributed by atoms with E-state index in [1.54, 1.807) is 42.5 Å². The monoisotopic (exact) mass is 920 g/mol.